The summed E-state index contributed by atoms with van der Waals surface area (Å²) >= 11 is 4.76. The smallest absolute Gasteiger partial charge is 0.259 e. The van der Waals surface area contributed by atoms with E-state index in [1.165, 1.54) is 0 Å². The van der Waals surface area contributed by atoms with Crippen LogP contribution in [-0.4, -0.2) is 57.7 Å². The molecule has 7 heteroatoms. The van der Waals surface area contributed by atoms with Gasteiger partial charge in [-0.15, -0.1) is 0 Å². The van der Waals surface area contributed by atoms with Gasteiger partial charge in [-0.2, -0.15) is 0 Å². The fourth-order valence-electron chi connectivity index (χ4n) is 1.80. The van der Waals surface area contributed by atoms with Crippen LogP contribution in [0.4, 0.5) is 0 Å². The van der Waals surface area contributed by atoms with Crippen molar-refractivity contribution in [3.8, 4) is 0 Å². The van der Waals surface area contributed by atoms with Crippen LogP contribution in [0.2, 0.25) is 0 Å². The van der Waals surface area contributed by atoms with Gasteiger partial charge in [-0.1, -0.05) is 0 Å². The van der Waals surface area contributed by atoms with E-state index in [1.807, 2.05) is 0 Å². The molecule has 2 aliphatic heterocycles. The first-order valence-corrected chi connectivity index (χ1v) is 5.12. The molecule has 0 saturated carbocycles. The summed E-state index contributed by atoms with van der Waals surface area (Å²) in [7, 11) is 0. The molecular weight excluding hydrogens is 222 g/mol. The van der Waals surface area contributed by atoms with Crippen LogP contribution in [0.1, 0.15) is 6.42 Å². The summed E-state index contributed by atoms with van der Waals surface area (Å²) in [6.07, 6.45) is -3.09. The fourth-order valence-corrected chi connectivity index (χ4v) is 2.02. The highest BCUT2D eigenvalue weighted by Crippen LogP contribution is 2.28. The predicted octanol–water partition coefficient (Wildman–Crippen LogP) is -1.91. The van der Waals surface area contributed by atoms with Crippen molar-refractivity contribution >= 4 is 17.4 Å². The first-order valence-electron chi connectivity index (χ1n) is 4.71. The van der Waals surface area contributed by atoms with Crippen molar-refractivity contribution in [2.45, 2.75) is 37.1 Å². The lowest BCUT2D eigenvalue weighted by molar-refractivity contribution is -0.0335. The van der Waals surface area contributed by atoms with Gasteiger partial charge < -0.3 is 30.1 Å². The second kappa shape index (κ2) is 4.18. The van der Waals surface area contributed by atoms with E-state index in [-0.39, 0.29) is 18.2 Å². The van der Waals surface area contributed by atoms with Crippen LogP contribution in [0, 0.1) is 0 Å². The Morgan fingerprint density at radius 1 is 1.53 bits per heavy atom. The molecule has 6 nitrogen and oxygen atoms in total. The molecule has 15 heavy (non-hydrogen) atoms. The van der Waals surface area contributed by atoms with Gasteiger partial charge in [0.1, 0.15) is 6.10 Å². The summed E-state index contributed by atoms with van der Waals surface area (Å²) in [5, 5.41) is 30.6. The molecule has 2 aliphatic rings. The van der Waals surface area contributed by atoms with Crippen LogP contribution in [0.25, 0.3) is 0 Å². The topological polar surface area (TPSA) is 91.2 Å². The Morgan fingerprint density at radius 3 is 2.87 bits per heavy atom. The molecule has 4 N–H and O–H groups in total. The van der Waals surface area contributed by atoms with E-state index in [0.29, 0.717) is 0 Å². The maximum Gasteiger partial charge on any atom is 0.259 e. The molecule has 0 amide bonds. The van der Waals surface area contributed by atoms with Crippen LogP contribution in [0.15, 0.2) is 0 Å². The molecule has 0 aromatic rings. The van der Waals surface area contributed by atoms with E-state index in [9.17, 15) is 10.2 Å². The van der Waals surface area contributed by atoms with Gasteiger partial charge in [0.05, 0.1) is 18.8 Å². The minimum absolute atomic E-state index is 0.169. The minimum Gasteiger partial charge on any atom is -0.460 e. The van der Waals surface area contributed by atoms with Gasteiger partial charge in [-0.3, -0.25) is 0 Å². The zero-order valence-electron chi connectivity index (χ0n) is 7.87. The maximum atomic E-state index is 9.78. The summed E-state index contributed by atoms with van der Waals surface area (Å²) in [4.78, 5) is 0. The van der Waals surface area contributed by atoms with Crippen molar-refractivity contribution in [2.24, 2.45) is 0 Å². The van der Waals surface area contributed by atoms with E-state index in [4.69, 9.17) is 26.8 Å². The van der Waals surface area contributed by atoms with Gasteiger partial charge in [0.15, 0.2) is 12.3 Å². The largest absolute Gasteiger partial charge is 0.460 e. The third-order valence-electron chi connectivity index (χ3n) is 2.56. The molecule has 2 rings (SSSR count). The highest BCUT2D eigenvalue weighted by Gasteiger charge is 2.50. The molecule has 2 saturated heterocycles. The molecule has 86 valence electrons. The van der Waals surface area contributed by atoms with Crippen molar-refractivity contribution in [3.05, 3.63) is 0 Å². The molecular formula is C8H13NO5S. The molecule has 0 aromatic carbocycles. The zero-order valence-corrected chi connectivity index (χ0v) is 8.68. The van der Waals surface area contributed by atoms with Gasteiger partial charge in [-0.05, 0) is 12.2 Å². The normalized spacial score (nSPS) is 40.9. The summed E-state index contributed by atoms with van der Waals surface area (Å²) < 4.78 is 10.5. The van der Waals surface area contributed by atoms with Gasteiger partial charge in [0.25, 0.3) is 5.17 Å². The van der Waals surface area contributed by atoms with E-state index in [1.54, 1.807) is 0 Å². The molecule has 2 heterocycles. The first kappa shape index (κ1) is 11.0. The van der Waals surface area contributed by atoms with Gasteiger partial charge in [0.2, 0.25) is 0 Å². The highest BCUT2D eigenvalue weighted by atomic mass is 32.1. The zero-order chi connectivity index (χ0) is 11.0. The predicted molar refractivity (Wildman–Crippen MR) is 53.0 cm³/mol. The minimum atomic E-state index is -0.893. The highest BCUT2D eigenvalue weighted by molar-refractivity contribution is 7.80. The Bertz CT molecular complexity index is 263. The third-order valence-corrected chi connectivity index (χ3v) is 2.77. The maximum absolute atomic E-state index is 9.78. The summed E-state index contributed by atoms with van der Waals surface area (Å²) in [5.41, 5.74) is 0. The van der Waals surface area contributed by atoms with Crippen LogP contribution in [-0.2, 0) is 9.47 Å². The number of hydrogen-bond acceptors (Lipinski definition) is 6. The Morgan fingerprint density at radius 2 is 2.27 bits per heavy atom. The van der Waals surface area contributed by atoms with E-state index in [0.717, 1.165) is 0 Å². The Balaban J connectivity index is 1.94. The number of rotatable bonds is 3. The molecule has 0 unspecified atom stereocenters. The number of aliphatic hydroxyl groups is 3. The van der Waals surface area contributed by atoms with Crippen LogP contribution in [0.5, 0.6) is 0 Å². The fraction of sp³-hybridized carbons (Fsp3) is 0.875. The molecule has 2 fully saturated rings. The number of ether oxygens (including phenoxy) is 2. The van der Waals surface area contributed by atoms with Crippen LogP contribution in [0.3, 0.4) is 0 Å². The number of nitrogens with one attached hydrogen (secondary N) is 1. The van der Waals surface area contributed by atoms with Crippen molar-refractivity contribution in [3.63, 3.8) is 0 Å². The lowest BCUT2D eigenvalue weighted by atomic mass is 10.1. The van der Waals surface area contributed by atoms with Gasteiger partial charge in [-0.25, -0.2) is 0 Å². The average molecular weight is 235 g/mol. The van der Waals surface area contributed by atoms with E-state index >= 15 is 0 Å². The third kappa shape index (κ3) is 2.06. The van der Waals surface area contributed by atoms with Crippen LogP contribution < -0.4 is 5.32 Å². The lowest BCUT2D eigenvalue weighted by Crippen LogP contribution is -2.34. The van der Waals surface area contributed by atoms with Crippen LogP contribution >= 0.6 is 12.2 Å². The average Bonchev–Trinajstić information content (AvgIpc) is 2.67. The molecule has 0 bridgehead atoms. The summed E-state index contributed by atoms with van der Waals surface area (Å²) in [6, 6.07) is 0. The van der Waals surface area contributed by atoms with Gasteiger partial charge in [0, 0.05) is 6.42 Å². The molecule has 0 spiro atoms. The van der Waals surface area contributed by atoms with E-state index in [2.05, 4.69) is 5.32 Å². The van der Waals surface area contributed by atoms with Gasteiger partial charge >= 0.3 is 0 Å². The number of thiocarbonyl (C=S) groups is 1. The van der Waals surface area contributed by atoms with Crippen molar-refractivity contribution in [2.75, 3.05) is 6.61 Å². The van der Waals surface area contributed by atoms with Crippen molar-refractivity contribution in [1.82, 2.24) is 5.32 Å². The van der Waals surface area contributed by atoms with Crippen molar-refractivity contribution < 1.29 is 24.8 Å². The van der Waals surface area contributed by atoms with E-state index < -0.39 is 30.6 Å². The SMILES string of the molecule is OC[C@@H](O)C[C@@H]1O[C@H]2NC(=S)O[C@@H]2[C@@H]1O. The molecule has 0 aliphatic carbocycles. The Labute approximate surface area is 91.8 Å². The number of fused-ring (bicyclic) bond motifs is 1. The Hall–Kier alpha value is -0.470. The number of aliphatic hydroxyl groups excluding tert-OH is 3. The lowest BCUT2D eigenvalue weighted by Gasteiger charge is -2.18. The summed E-state index contributed by atoms with van der Waals surface area (Å²) in [6.45, 7) is -0.353. The summed E-state index contributed by atoms with van der Waals surface area (Å²) in [5.74, 6) is 0. The molecule has 0 radical (unpaired) electrons. The molecule has 0 aromatic heterocycles. The second-order valence-corrected chi connectivity index (χ2v) is 4.04. The first-order chi connectivity index (χ1) is 7.11. The quantitative estimate of drug-likeness (QED) is 0.424. The standard InChI is InChI=1S/C8H13NO5S/c10-2-3(11)1-4-5(12)6-7(13-4)9-8(15)14-6/h3-7,10-12H,1-2H2,(H,9,15)/t3-,4-,5+,6+,7+/m0/s1. The molecule has 5 atom stereocenters. The second-order valence-electron chi connectivity index (χ2n) is 3.67. The van der Waals surface area contributed by atoms with Crippen molar-refractivity contribution in [1.29, 1.82) is 0 Å². The number of hydrogen-bond donors (Lipinski definition) is 4. The Kier molecular flexibility index (Phi) is 3.08. The monoisotopic (exact) mass is 235 g/mol.